The van der Waals surface area contributed by atoms with Gasteiger partial charge in [0.05, 0.1) is 0 Å². The average Bonchev–Trinajstić information content (AvgIpc) is 3.18. The Kier molecular flexibility index (Phi) is 4.97. The van der Waals surface area contributed by atoms with Crippen LogP contribution in [0.15, 0.2) is 36.7 Å². The molecule has 2 N–H and O–H groups in total. The third-order valence-electron chi connectivity index (χ3n) is 4.09. The molecule has 1 aliphatic rings. The molecule has 0 aliphatic carbocycles. The van der Waals surface area contributed by atoms with Gasteiger partial charge in [0.2, 0.25) is 0 Å². The van der Waals surface area contributed by atoms with Gasteiger partial charge in [-0.25, -0.2) is 4.98 Å². The molecule has 0 amide bonds. The molecule has 1 atom stereocenters. The molecule has 21 heavy (non-hydrogen) atoms. The first-order chi connectivity index (χ1) is 10.4. The maximum absolute atomic E-state index is 4.14. The Morgan fingerprint density at radius 2 is 2.14 bits per heavy atom. The molecule has 2 heterocycles. The molecule has 3 rings (SSSR count). The molecular weight excluding hydrogens is 262 g/mol. The smallest absolute Gasteiger partial charge is 0.137 e. The predicted molar refractivity (Wildman–Crippen MR) is 83.1 cm³/mol. The maximum Gasteiger partial charge on any atom is 0.137 e. The summed E-state index contributed by atoms with van der Waals surface area (Å²) >= 11 is 0. The summed E-state index contributed by atoms with van der Waals surface area (Å²) in [7, 11) is 0. The number of aromatic nitrogens is 3. The highest BCUT2D eigenvalue weighted by Gasteiger charge is 2.21. The van der Waals surface area contributed by atoms with Gasteiger partial charge in [0.15, 0.2) is 0 Å². The number of nitrogens with zero attached hydrogens (tertiary/aromatic N) is 3. The normalized spacial score (nSPS) is 19.1. The first-order valence-electron chi connectivity index (χ1n) is 7.74. The Balaban J connectivity index is 1.33. The lowest BCUT2D eigenvalue weighted by Crippen LogP contribution is -2.34. The summed E-state index contributed by atoms with van der Waals surface area (Å²) in [6.07, 6.45) is 4.87. The Morgan fingerprint density at radius 1 is 1.24 bits per heavy atom. The maximum atomic E-state index is 4.14. The van der Waals surface area contributed by atoms with Crippen molar-refractivity contribution in [3.05, 3.63) is 48.0 Å². The van der Waals surface area contributed by atoms with Crippen LogP contribution < -0.4 is 5.32 Å². The van der Waals surface area contributed by atoms with E-state index in [0.29, 0.717) is 6.04 Å². The fourth-order valence-corrected chi connectivity index (χ4v) is 2.88. The van der Waals surface area contributed by atoms with E-state index in [9.17, 15) is 0 Å². The van der Waals surface area contributed by atoms with E-state index in [-0.39, 0.29) is 0 Å². The third-order valence-corrected chi connectivity index (χ3v) is 4.09. The summed E-state index contributed by atoms with van der Waals surface area (Å²) in [5, 5.41) is 10.4. The fraction of sp³-hybridized carbons (Fsp3) is 0.500. The highest BCUT2D eigenvalue weighted by atomic mass is 15.2. The molecule has 1 aromatic carbocycles. The van der Waals surface area contributed by atoms with Gasteiger partial charge >= 0.3 is 0 Å². The van der Waals surface area contributed by atoms with Crippen molar-refractivity contribution in [1.29, 1.82) is 0 Å². The van der Waals surface area contributed by atoms with E-state index in [1.165, 1.54) is 18.5 Å². The van der Waals surface area contributed by atoms with Crippen molar-refractivity contribution in [2.45, 2.75) is 25.3 Å². The minimum atomic E-state index is 0.615. The van der Waals surface area contributed by atoms with Crippen molar-refractivity contribution in [1.82, 2.24) is 25.4 Å². The molecule has 1 saturated heterocycles. The molecule has 1 fully saturated rings. The van der Waals surface area contributed by atoms with Gasteiger partial charge in [0, 0.05) is 32.1 Å². The Morgan fingerprint density at radius 3 is 2.95 bits per heavy atom. The zero-order chi connectivity index (χ0) is 14.3. The lowest BCUT2D eigenvalue weighted by Gasteiger charge is -2.16. The van der Waals surface area contributed by atoms with Crippen molar-refractivity contribution in [2.75, 3.05) is 26.2 Å². The second kappa shape index (κ2) is 7.33. The quantitative estimate of drug-likeness (QED) is 0.804. The van der Waals surface area contributed by atoms with Gasteiger partial charge in [-0.15, -0.1) is 0 Å². The Hall–Kier alpha value is -1.72. The fourth-order valence-electron chi connectivity index (χ4n) is 2.88. The predicted octanol–water partition coefficient (Wildman–Crippen LogP) is 1.25. The number of likely N-dealkylation sites (tertiary alicyclic amines) is 1. The van der Waals surface area contributed by atoms with Crippen molar-refractivity contribution >= 4 is 0 Å². The van der Waals surface area contributed by atoms with E-state index in [1.807, 2.05) is 0 Å². The van der Waals surface area contributed by atoms with Crippen LogP contribution in [0, 0.1) is 0 Å². The molecule has 1 aromatic heterocycles. The van der Waals surface area contributed by atoms with Gasteiger partial charge in [-0.2, -0.15) is 5.10 Å². The van der Waals surface area contributed by atoms with Crippen LogP contribution >= 0.6 is 0 Å². The number of nitrogens with one attached hydrogen (secondary N) is 2. The second-order valence-corrected chi connectivity index (χ2v) is 5.66. The number of H-pyrrole nitrogens is 1. The number of hydrogen-bond acceptors (Lipinski definition) is 4. The molecule has 0 radical (unpaired) electrons. The van der Waals surface area contributed by atoms with E-state index in [2.05, 4.69) is 55.7 Å². The van der Waals surface area contributed by atoms with Crippen LogP contribution in [0.4, 0.5) is 0 Å². The first-order valence-corrected chi connectivity index (χ1v) is 7.74. The van der Waals surface area contributed by atoms with E-state index in [1.54, 1.807) is 6.33 Å². The largest absolute Gasteiger partial charge is 0.312 e. The standard InChI is InChI=1S/C16H23N5/c1-2-4-14(5-3-1)7-10-21-11-8-15(12-21)17-9-6-16-18-13-19-20-16/h1-5,13,15,17H,6-12H2,(H,18,19,20). The first kappa shape index (κ1) is 14.2. The molecule has 2 aromatic rings. The molecule has 5 heteroatoms. The van der Waals surface area contributed by atoms with Crippen molar-refractivity contribution in [3.8, 4) is 0 Å². The van der Waals surface area contributed by atoms with Gasteiger partial charge in [-0.1, -0.05) is 30.3 Å². The van der Waals surface area contributed by atoms with E-state index >= 15 is 0 Å². The summed E-state index contributed by atoms with van der Waals surface area (Å²) in [6.45, 7) is 4.48. The van der Waals surface area contributed by atoms with Gasteiger partial charge in [-0.05, 0) is 24.9 Å². The summed E-state index contributed by atoms with van der Waals surface area (Å²) in [5.74, 6) is 0.960. The van der Waals surface area contributed by atoms with Crippen LogP contribution in [-0.4, -0.2) is 52.3 Å². The topological polar surface area (TPSA) is 56.8 Å². The van der Waals surface area contributed by atoms with Crippen LogP contribution in [0.1, 0.15) is 17.8 Å². The molecule has 1 aliphatic heterocycles. The van der Waals surface area contributed by atoms with Crippen LogP contribution in [0.25, 0.3) is 0 Å². The highest BCUT2D eigenvalue weighted by Crippen LogP contribution is 2.10. The molecular formula is C16H23N5. The number of rotatable bonds is 7. The van der Waals surface area contributed by atoms with Gasteiger partial charge in [0.25, 0.3) is 0 Å². The summed E-state index contributed by atoms with van der Waals surface area (Å²) in [5.41, 5.74) is 1.43. The Labute approximate surface area is 125 Å². The van der Waals surface area contributed by atoms with Crippen molar-refractivity contribution in [2.24, 2.45) is 0 Å². The minimum absolute atomic E-state index is 0.615. The van der Waals surface area contributed by atoms with E-state index in [4.69, 9.17) is 0 Å². The van der Waals surface area contributed by atoms with Crippen LogP contribution in [0.2, 0.25) is 0 Å². The average molecular weight is 285 g/mol. The van der Waals surface area contributed by atoms with Crippen molar-refractivity contribution < 1.29 is 0 Å². The summed E-state index contributed by atoms with van der Waals surface area (Å²) in [6, 6.07) is 11.4. The van der Waals surface area contributed by atoms with E-state index in [0.717, 1.165) is 38.3 Å². The number of benzene rings is 1. The summed E-state index contributed by atoms with van der Waals surface area (Å²) in [4.78, 5) is 6.70. The van der Waals surface area contributed by atoms with Crippen LogP contribution in [-0.2, 0) is 12.8 Å². The molecule has 0 spiro atoms. The van der Waals surface area contributed by atoms with Gasteiger partial charge in [0.1, 0.15) is 12.2 Å². The summed E-state index contributed by atoms with van der Waals surface area (Å²) < 4.78 is 0. The SMILES string of the molecule is c1ccc(CCN2CCC(NCCc3ncn[nH]3)C2)cc1. The monoisotopic (exact) mass is 285 g/mol. The molecule has 0 bridgehead atoms. The third kappa shape index (κ3) is 4.37. The van der Waals surface area contributed by atoms with E-state index < -0.39 is 0 Å². The van der Waals surface area contributed by atoms with Gasteiger partial charge in [-0.3, -0.25) is 5.10 Å². The van der Waals surface area contributed by atoms with Crippen LogP contribution in [0.5, 0.6) is 0 Å². The molecule has 0 saturated carbocycles. The molecule has 112 valence electrons. The second-order valence-electron chi connectivity index (χ2n) is 5.66. The number of aromatic amines is 1. The van der Waals surface area contributed by atoms with Crippen molar-refractivity contribution in [3.63, 3.8) is 0 Å². The minimum Gasteiger partial charge on any atom is -0.312 e. The molecule has 5 nitrogen and oxygen atoms in total. The highest BCUT2D eigenvalue weighted by molar-refractivity contribution is 5.14. The lowest BCUT2D eigenvalue weighted by molar-refractivity contribution is 0.332. The lowest BCUT2D eigenvalue weighted by atomic mass is 10.1. The Bertz CT molecular complexity index is 511. The van der Waals surface area contributed by atoms with Crippen LogP contribution in [0.3, 0.4) is 0 Å². The van der Waals surface area contributed by atoms with Gasteiger partial charge < -0.3 is 10.2 Å². The zero-order valence-electron chi connectivity index (χ0n) is 12.3. The number of hydrogen-bond donors (Lipinski definition) is 2. The zero-order valence-corrected chi connectivity index (χ0v) is 12.3. The molecule has 1 unspecified atom stereocenters.